The standard InChI is InChI=1S/C21H16N2O3S/c1-13-2-4-14(5-3-13)18(24)12-27-21-16(11-22)8-15-9-19-20(10-17(15)23-21)26-7-6-25-19/h2-5,8-10H,6-7,12H2,1H3. The lowest BCUT2D eigenvalue weighted by molar-refractivity contribution is 0.102. The van der Waals surface area contributed by atoms with Gasteiger partial charge in [0.2, 0.25) is 0 Å². The number of Topliss-reactive ketones (excluding diaryl/α,β-unsaturated/α-hetero) is 1. The molecule has 0 saturated heterocycles. The zero-order valence-electron chi connectivity index (χ0n) is 14.7. The van der Waals surface area contributed by atoms with E-state index < -0.39 is 0 Å². The number of carbonyl (C=O) groups excluding carboxylic acids is 1. The third kappa shape index (κ3) is 3.60. The molecular formula is C21H16N2O3S. The molecule has 0 N–H and O–H groups in total. The fourth-order valence-electron chi connectivity index (χ4n) is 2.84. The first-order valence-electron chi connectivity index (χ1n) is 8.51. The summed E-state index contributed by atoms with van der Waals surface area (Å²) in [5, 5.41) is 10.8. The maximum absolute atomic E-state index is 12.4. The van der Waals surface area contributed by atoms with Crippen LogP contribution in [0.4, 0.5) is 0 Å². The molecule has 0 saturated carbocycles. The summed E-state index contributed by atoms with van der Waals surface area (Å²) in [6, 6.07) is 15.1. The topological polar surface area (TPSA) is 72.2 Å². The van der Waals surface area contributed by atoms with Crippen LogP contribution in [-0.4, -0.2) is 29.7 Å². The molecule has 0 radical (unpaired) electrons. The summed E-state index contributed by atoms with van der Waals surface area (Å²) in [7, 11) is 0. The number of hydrogen-bond acceptors (Lipinski definition) is 6. The van der Waals surface area contributed by atoms with Crippen LogP contribution in [-0.2, 0) is 0 Å². The van der Waals surface area contributed by atoms with Crippen molar-refractivity contribution in [2.24, 2.45) is 0 Å². The maximum atomic E-state index is 12.4. The molecule has 4 rings (SSSR count). The van der Waals surface area contributed by atoms with Gasteiger partial charge in [0.1, 0.15) is 24.3 Å². The number of nitrogens with zero attached hydrogens (tertiary/aromatic N) is 2. The van der Waals surface area contributed by atoms with E-state index in [4.69, 9.17) is 9.47 Å². The molecule has 27 heavy (non-hydrogen) atoms. The normalized spacial score (nSPS) is 12.6. The second-order valence-electron chi connectivity index (χ2n) is 6.22. The Morgan fingerprint density at radius 3 is 2.56 bits per heavy atom. The Morgan fingerprint density at radius 2 is 1.85 bits per heavy atom. The number of ketones is 1. The smallest absolute Gasteiger partial charge is 0.173 e. The molecule has 0 bridgehead atoms. The van der Waals surface area contributed by atoms with E-state index in [1.165, 1.54) is 11.8 Å². The number of pyridine rings is 1. The summed E-state index contributed by atoms with van der Waals surface area (Å²) in [6.45, 7) is 2.99. The Kier molecular flexibility index (Phi) is 4.69. The first-order chi connectivity index (χ1) is 13.1. The van der Waals surface area contributed by atoms with Gasteiger partial charge in [0.05, 0.1) is 16.8 Å². The summed E-state index contributed by atoms with van der Waals surface area (Å²) < 4.78 is 11.2. The van der Waals surface area contributed by atoms with Crippen LogP contribution in [0.2, 0.25) is 0 Å². The van der Waals surface area contributed by atoms with Crippen molar-refractivity contribution in [1.29, 1.82) is 5.26 Å². The van der Waals surface area contributed by atoms with Crippen LogP contribution in [0.25, 0.3) is 10.9 Å². The van der Waals surface area contributed by atoms with Crippen LogP contribution in [0.3, 0.4) is 0 Å². The highest BCUT2D eigenvalue weighted by Crippen LogP contribution is 2.35. The van der Waals surface area contributed by atoms with Crippen LogP contribution in [0.5, 0.6) is 11.5 Å². The van der Waals surface area contributed by atoms with Gasteiger partial charge in [-0.3, -0.25) is 4.79 Å². The first-order valence-corrected chi connectivity index (χ1v) is 9.50. The minimum atomic E-state index is 0.00737. The first kappa shape index (κ1) is 17.4. The van der Waals surface area contributed by atoms with Crippen molar-refractivity contribution in [3.8, 4) is 17.6 Å². The third-order valence-corrected chi connectivity index (χ3v) is 5.27. The summed E-state index contributed by atoms with van der Waals surface area (Å²) in [5.74, 6) is 1.54. The molecule has 5 nitrogen and oxygen atoms in total. The molecule has 1 aliphatic rings. The average Bonchev–Trinajstić information content (AvgIpc) is 2.70. The number of rotatable bonds is 4. The molecule has 0 fully saturated rings. The van der Waals surface area contributed by atoms with E-state index in [-0.39, 0.29) is 11.5 Å². The Labute approximate surface area is 160 Å². The van der Waals surface area contributed by atoms with Gasteiger partial charge in [-0.2, -0.15) is 5.26 Å². The molecule has 0 atom stereocenters. The number of aryl methyl sites for hydroxylation is 1. The lowest BCUT2D eigenvalue weighted by atomic mass is 10.1. The van der Waals surface area contributed by atoms with Crippen molar-refractivity contribution in [1.82, 2.24) is 4.98 Å². The quantitative estimate of drug-likeness (QED) is 0.503. The van der Waals surface area contributed by atoms with Crippen LogP contribution in [0.1, 0.15) is 21.5 Å². The Balaban J connectivity index is 1.61. The van der Waals surface area contributed by atoms with Crippen molar-refractivity contribution in [2.45, 2.75) is 11.9 Å². The predicted octanol–water partition coefficient (Wildman–Crippen LogP) is 4.16. The molecule has 2 heterocycles. The number of hydrogen-bond donors (Lipinski definition) is 0. The SMILES string of the molecule is Cc1ccc(C(=O)CSc2nc3cc4c(cc3cc2C#N)OCCO4)cc1. The highest BCUT2D eigenvalue weighted by Gasteiger charge is 2.16. The Morgan fingerprint density at radius 1 is 1.15 bits per heavy atom. The van der Waals surface area contributed by atoms with Crippen LogP contribution < -0.4 is 9.47 Å². The van der Waals surface area contributed by atoms with Crippen molar-refractivity contribution < 1.29 is 14.3 Å². The van der Waals surface area contributed by atoms with Gasteiger partial charge in [-0.05, 0) is 19.1 Å². The van der Waals surface area contributed by atoms with Crippen molar-refractivity contribution in [3.63, 3.8) is 0 Å². The zero-order chi connectivity index (χ0) is 18.8. The summed E-state index contributed by atoms with van der Waals surface area (Å²) in [5.41, 5.74) is 2.92. The number of benzene rings is 2. The third-order valence-electron chi connectivity index (χ3n) is 4.28. The minimum Gasteiger partial charge on any atom is -0.486 e. The molecule has 3 aromatic rings. The molecule has 6 heteroatoms. The largest absolute Gasteiger partial charge is 0.486 e. The minimum absolute atomic E-state index is 0.00737. The Bertz CT molecular complexity index is 1070. The molecule has 0 unspecified atom stereocenters. The van der Waals surface area contributed by atoms with E-state index in [1.54, 1.807) is 6.07 Å². The highest BCUT2D eigenvalue weighted by atomic mass is 32.2. The van der Waals surface area contributed by atoms with E-state index in [0.29, 0.717) is 46.4 Å². The summed E-state index contributed by atoms with van der Waals surface area (Å²) >= 11 is 1.28. The molecular weight excluding hydrogens is 360 g/mol. The van der Waals surface area contributed by atoms with Crippen LogP contribution >= 0.6 is 11.8 Å². The average molecular weight is 376 g/mol. The number of carbonyl (C=O) groups is 1. The number of nitriles is 1. The van der Waals surface area contributed by atoms with Gasteiger partial charge in [0.25, 0.3) is 0 Å². The van der Waals surface area contributed by atoms with Gasteiger partial charge in [0.15, 0.2) is 17.3 Å². The number of thioether (sulfide) groups is 1. The van der Waals surface area contributed by atoms with Gasteiger partial charge < -0.3 is 9.47 Å². The predicted molar refractivity (Wildman–Crippen MR) is 104 cm³/mol. The monoisotopic (exact) mass is 376 g/mol. The van der Waals surface area contributed by atoms with E-state index in [9.17, 15) is 10.1 Å². The van der Waals surface area contributed by atoms with E-state index in [2.05, 4.69) is 11.1 Å². The molecule has 1 aromatic heterocycles. The lowest BCUT2D eigenvalue weighted by Crippen LogP contribution is -2.15. The maximum Gasteiger partial charge on any atom is 0.173 e. The second kappa shape index (κ2) is 7.29. The second-order valence-corrected chi connectivity index (χ2v) is 7.18. The molecule has 1 aliphatic heterocycles. The number of ether oxygens (including phenoxy) is 2. The molecule has 0 aliphatic carbocycles. The van der Waals surface area contributed by atoms with E-state index in [1.807, 2.05) is 43.3 Å². The number of fused-ring (bicyclic) bond motifs is 2. The molecule has 0 amide bonds. The van der Waals surface area contributed by atoms with E-state index in [0.717, 1.165) is 10.9 Å². The van der Waals surface area contributed by atoms with Gasteiger partial charge in [-0.15, -0.1) is 0 Å². The zero-order valence-corrected chi connectivity index (χ0v) is 15.5. The summed E-state index contributed by atoms with van der Waals surface area (Å²) in [4.78, 5) is 17.0. The van der Waals surface area contributed by atoms with Crippen LogP contribution in [0.15, 0.2) is 47.5 Å². The van der Waals surface area contributed by atoms with Crippen molar-refractivity contribution in [2.75, 3.05) is 19.0 Å². The highest BCUT2D eigenvalue weighted by molar-refractivity contribution is 8.00. The Hall–Kier alpha value is -3.04. The number of aromatic nitrogens is 1. The molecule has 2 aromatic carbocycles. The molecule has 134 valence electrons. The van der Waals surface area contributed by atoms with Crippen molar-refractivity contribution >= 4 is 28.4 Å². The van der Waals surface area contributed by atoms with Gasteiger partial charge in [-0.25, -0.2) is 4.98 Å². The fraction of sp³-hybridized carbons (Fsp3) is 0.190. The molecule has 0 spiro atoms. The summed E-state index contributed by atoms with van der Waals surface area (Å²) in [6.07, 6.45) is 0. The van der Waals surface area contributed by atoms with Gasteiger partial charge >= 0.3 is 0 Å². The fourth-order valence-corrected chi connectivity index (χ4v) is 3.70. The van der Waals surface area contributed by atoms with Crippen LogP contribution in [0, 0.1) is 18.3 Å². The van der Waals surface area contributed by atoms with Gasteiger partial charge in [0, 0.05) is 17.0 Å². The lowest BCUT2D eigenvalue weighted by Gasteiger charge is -2.18. The van der Waals surface area contributed by atoms with Gasteiger partial charge in [-0.1, -0.05) is 41.6 Å². The van der Waals surface area contributed by atoms with Crippen molar-refractivity contribution in [3.05, 3.63) is 59.2 Å². The van der Waals surface area contributed by atoms with E-state index >= 15 is 0 Å².